The van der Waals surface area contributed by atoms with Gasteiger partial charge in [0, 0.05) is 31.8 Å². The molecule has 1 amide bonds. The number of carbonyl (C=O) groups excluding carboxylic acids is 1. The molecule has 1 unspecified atom stereocenters. The molecule has 1 aliphatic rings. The highest BCUT2D eigenvalue weighted by Gasteiger charge is 2.34. The van der Waals surface area contributed by atoms with E-state index in [-0.39, 0.29) is 12.3 Å². The maximum Gasteiger partial charge on any atom is 0.303 e. The Balaban J connectivity index is 1.54. The Labute approximate surface area is 148 Å². The highest BCUT2D eigenvalue weighted by atomic mass is 16.4. The molecule has 2 rings (SSSR count). The van der Waals surface area contributed by atoms with Crippen molar-refractivity contribution in [2.45, 2.75) is 76.4 Å². The van der Waals surface area contributed by atoms with Crippen molar-refractivity contribution in [3.63, 3.8) is 0 Å². The molecule has 2 heterocycles. The number of likely N-dealkylation sites (tertiary alicyclic amines) is 1. The van der Waals surface area contributed by atoms with E-state index >= 15 is 0 Å². The molecule has 0 radical (unpaired) electrons. The summed E-state index contributed by atoms with van der Waals surface area (Å²) in [6.07, 6.45) is 8.65. The van der Waals surface area contributed by atoms with Crippen molar-refractivity contribution in [1.29, 1.82) is 0 Å². The Hall–Kier alpha value is -1.82. The number of furan rings is 1. The molecule has 0 bridgehead atoms. The van der Waals surface area contributed by atoms with Gasteiger partial charge in [0.2, 0.25) is 5.91 Å². The van der Waals surface area contributed by atoms with Crippen LogP contribution in [-0.2, 0) is 16.0 Å². The summed E-state index contributed by atoms with van der Waals surface area (Å²) in [7, 11) is 0. The first-order valence-electron chi connectivity index (χ1n) is 9.28. The highest BCUT2D eigenvalue weighted by molar-refractivity contribution is 5.83. The zero-order chi connectivity index (χ0) is 18.1. The first kappa shape index (κ1) is 19.5. The second-order valence-corrected chi connectivity index (χ2v) is 6.87. The summed E-state index contributed by atoms with van der Waals surface area (Å²) in [5.74, 6) is 0.273. The van der Waals surface area contributed by atoms with E-state index in [1.807, 2.05) is 17.0 Å². The van der Waals surface area contributed by atoms with Gasteiger partial charge in [-0.2, -0.15) is 0 Å². The monoisotopic (exact) mass is 351 g/mol. The summed E-state index contributed by atoms with van der Waals surface area (Å²) < 4.78 is 5.23. The molecule has 1 aliphatic heterocycles. The van der Waals surface area contributed by atoms with Gasteiger partial charge in [-0.15, -0.1) is 0 Å². The largest absolute Gasteiger partial charge is 0.481 e. The molecule has 1 aromatic heterocycles. The SMILES string of the molecule is O=C(O)CCCCCCN1C(=O)C[C@@H]1CCCC(O)Cc1ccco1. The molecule has 1 fully saturated rings. The molecule has 1 aromatic rings. The number of unbranched alkanes of at least 4 members (excludes halogenated alkanes) is 3. The lowest BCUT2D eigenvalue weighted by molar-refractivity contribution is -0.146. The lowest BCUT2D eigenvalue weighted by Crippen LogP contribution is -2.52. The number of hydrogen-bond donors (Lipinski definition) is 2. The van der Waals surface area contributed by atoms with Crippen LogP contribution in [0.2, 0.25) is 0 Å². The number of rotatable bonds is 13. The minimum absolute atomic E-state index is 0.215. The number of carboxylic acid groups (broad SMARTS) is 1. The van der Waals surface area contributed by atoms with Crippen LogP contribution in [0.25, 0.3) is 0 Å². The Morgan fingerprint density at radius 2 is 2.08 bits per heavy atom. The minimum atomic E-state index is -0.743. The van der Waals surface area contributed by atoms with E-state index < -0.39 is 12.1 Å². The smallest absolute Gasteiger partial charge is 0.303 e. The summed E-state index contributed by atoms with van der Waals surface area (Å²) in [5, 5.41) is 18.6. The van der Waals surface area contributed by atoms with Gasteiger partial charge in [0.1, 0.15) is 5.76 Å². The molecule has 0 spiro atoms. The summed E-state index contributed by atoms with van der Waals surface area (Å²) >= 11 is 0. The lowest BCUT2D eigenvalue weighted by Gasteiger charge is -2.41. The maximum absolute atomic E-state index is 11.7. The van der Waals surface area contributed by atoms with Gasteiger partial charge in [0.25, 0.3) is 0 Å². The van der Waals surface area contributed by atoms with Crippen LogP contribution in [-0.4, -0.2) is 45.7 Å². The lowest BCUT2D eigenvalue weighted by atomic mass is 9.94. The van der Waals surface area contributed by atoms with E-state index in [1.54, 1.807) is 6.26 Å². The molecule has 140 valence electrons. The standard InChI is InChI=1S/C19H29NO5/c21-16(14-17-9-6-12-25-17)8-5-7-15-13-18(22)20(15)11-4-2-1-3-10-19(23)24/h6,9,12,15-16,21H,1-5,7-8,10-11,13-14H2,(H,23,24)/t15-,16?/m0/s1. The molecule has 6 nitrogen and oxygen atoms in total. The first-order valence-corrected chi connectivity index (χ1v) is 9.28. The average molecular weight is 351 g/mol. The molecular weight excluding hydrogens is 322 g/mol. The molecule has 25 heavy (non-hydrogen) atoms. The quantitative estimate of drug-likeness (QED) is 0.421. The van der Waals surface area contributed by atoms with Crippen LogP contribution in [0.1, 0.15) is 63.5 Å². The van der Waals surface area contributed by atoms with Gasteiger partial charge in [-0.05, 0) is 44.2 Å². The average Bonchev–Trinajstić information content (AvgIpc) is 3.05. The van der Waals surface area contributed by atoms with Crippen molar-refractivity contribution in [2.75, 3.05) is 6.54 Å². The molecular formula is C19H29NO5. The third kappa shape index (κ3) is 6.90. The van der Waals surface area contributed by atoms with E-state index in [1.165, 1.54) is 0 Å². The number of amides is 1. The second kappa shape index (κ2) is 10.2. The van der Waals surface area contributed by atoms with Gasteiger partial charge in [0.15, 0.2) is 0 Å². The van der Waals surface area contributed by atoms with Crippen LogP contribution in [0.15, 0.2) is 22.8 Å². The van der Waals surface area contributed by atoms with Crippen LogP contribution in [0.4, 0.5) is 0 Å². The number of β-lactam (4-membered cyclic amide) rings is 1. The van der Waals surface area contributed by atoms with Crippen molar-refractivity contribution in [2.24, 2.45) is 0 Å². The molecule has 6 heteroatoms. The Morgan fingerprint density at radius 3 is 2.76 bits per heavy atom. The number of aliphatic hydroxyl groups excluding tert-OH is 1. The summed E-state index contributed by atoms with van der Waals surface area (Å²) in [6.45, 7) is 0.769. The van der Waals surface area contributed by atoms with Gasteiger partial charge in [-0.25, -0.2) is 0 Å². The Kier molecular flexibility index (Phi) is 7.98. The van der Waals surface area contributed by atoms with Gasteiger partial charge in [-0.1, -0.05) is 12.8 Å². The molecule has 0 aliphatic carbocycles. The van der Waals surface area contributed by atoms with Crippen LogP contribution in [0, 0.1) is 0 Å². The fourth-order valence-electron chi connectivity index (χ4n) is 3.35. The molecule has 2 N–H and O–H groups in total. The maximum atomic E-state index is 11.7. The molecule has 0 saturated carbocycles. The fourth-order valence-corrected chi connectivity index (χ4v) is 3.35. The number of nitrogens with zero attached hydrogens (tertiary/aromatic N) is 1. The zero-order valence-electron chi connectivity index (χ0n) is 14.7. The van der Waals surface area contributed by atoms with Crippen molar-refractivity contribution < 1.29 is 24.2 Å². The number of aliphatic hydroxyl groups is 1. The third-order valence-electron chi connectivity index (χ3n) is 4.80. The Morgan fingerprint density at radius 1 is 1.28 bits per heavy atom. The van der Waals surface area contributed by atoms with Crippen LogP contribution in [0.3, 0.4) is 0 Å². The van der Waals surface area contributed by atoms with Crippen LogP contribution >= 0.6 is 0 Å². The normalized spacial score (nSPS) is 18.2. The van der Waals surface area contributed by atoms with Crippen LogP contribution in [0.5, 0.6) is 0 Å². The van der Waals surface area contributed by atoms with Crippen LogP contribution < -0.4 is 0 Å². The van der Waals surface area contributed by atoms with E-state index in [0.29, 0.717) is 31.7 Å². The summed E-state index contributed by atoms with van der Waals surface area (Å²) in [6, 6.07) is 4.00. The van der Waals surface area contributed by atoms with Gasteiger partial charge >= 0.3 is 5.97 Å². The number of carboxylic acids is 1. The summed E-state index contributed by atoms with van der Waals surface area (Å²) in [4.78, 5) is 24.1. The fraction of sp³-hybridized carbons (Fsp3) is 0.684. The topological polar surface area (TPSA) is 91.0 Å². The number of hydrogen-bond acceptors (Lipinski definition) is 4. The van der Waals surface area contributed by atoms with E-state index in [0.717, 1.165) is 44.4 Å². The third-order valence-corrected chi connectivity index (χ3v) is 4.80. The molecule has 1 saturated heterocycles. The van der Waals surface area contributed by atoms with E-state index in [4.69, 9.17) is 9.52 Å². The van der Waals surface area contributed by atoms with Gasteiger partial charge in [-0.3, -0.25) is 9.59 Å². The van der Waals surface area contributed by atoms with E-state index in [2.05, 4.69) is 0 Å². The van der Waals surface area contributed by atoms with Crippen molar-refractivity contribution in [3.8, 4) is 0 Å². The van der Waals surface area contributed by atoms with Gasteiger partial charge < -0.3 is 19.5 Å². The minimum Gasteiger partial charge on any atom is -0.481 e. The summed E-state index contributed by atoms with van der Waals surface area (Å²) in [5.41, 5.74) is 0. The number of carbonyl (C=O) groups is 2. The van der Waals surface area contributed by atoms with Crippen molar-refractivity contribution in [3.05, 3.63) is 24.2 Å². The Bertz CT molecular complexity index is 528. The molecule has 2 atom stereocenters. The van der Waals surface area contributed by atoms with Crippen molar-refractivity contribution >= 4 is 11.9 Å². The van der Waals surface area contributed by atoms with Crippen molar-refractivity contribution in [1.82, 2.24) is 4.90 Å². The van der Waals surface area contributed by atoms with Gasteiger partial charge in [0.05, 0.1) is 12.4 Å². The predicted molar refractivity (Wildman–Crippen MR) is 93.1 cm³/mol. The number of aliphatic carboxylic acids is 1. The second-order valence-electron chi connectivity index (χ2n) is 6.87. The highest BCUT2D eigenvalue weighted by Crippen LogP contribution is 2.25. The predicted octanol–water partition coefficient (Wildman–Crippen LogP) is 2.99. The molecule has 0 aromatic carbocycles. The zero-order valence-corrected chi connectivity index (χ0v) is 14.7. The first-order chi connectivity index (χ1) is 12.1. The van der Waals surface area contributed by atoms with E-state index in [9.17, 15) is 14.7 Å².